The highest BCUT2D eigenvalue weighted by atomic mass is 35.5. The van der Waals surface area contributed by atoms with Crippen molar-refractivity contribution in [3.63, 3.8) is 0 Å². The molecule has 0 aromatic heterocycles. The number of fused-ring (bicyclic) bond motifs is 4. The van der Waals surface area contributed by atoms with E-state index in [2.05, 4.69) is 27.6 Å². The molecule has 8 nitrogen and oxygen atoms in total. The number of amides is 1. The van der Waals surface area contributed by atoms with Crippen molar-refractivity contribution in [2.45, 2.75) is 81.5 Å². The van der Waals surface area contributed by atoms with Crippen molar-refractivity contribution in [3.8, 4) is 5.75 Å². The number of sulfone groups is 1. The quantitative estimate of drug-likeness (QED) is 0.418. The Kier molecular flexibility index (Phi) is 9.00. The van der Waals surface area contributed by atoms with E-state index in [0.717, 1.165) is 37.8 Å². The molecule has 2 N–H and O–H groups in total. The summed E-state index contributed by atoms with van der Waals surface area (Å²) in [6, 6.07) is 11.5. The molecule has 2 aromatic rings. The van der Waals surface area contributed by atoms with Gasteiger partial charge in [-0.15, -0.1) is 0 Å². The zero-order chi connectivity index (χ0) is 33.1. The summed E-state index contributed by atoms with van der Waals surface area (Å²) < 4.78 is 48.4. The predicted molar refractivity (Wildman–Crippen MR) is 186 cm³/mol. The molecule has 11 heteroatoms. The van der Waals surface area contributed by atoms with Crippen LogP contribution < -0.4 is 14.4 Å². The molecule has 4 aliphatic rings. The molecular weight excluding hydrogens is 644 g/mol. The number of hydrogen-bond donors (Lipinski definition) is 2. The minimum atomic E-state index is -3.46. The molecule has 1 spiro atoms. The molecule has 1 saturated carbocycles. The third kappa shape index (κ3) is 6.56. The zero-order valence-corrected chi connectivity index (χ0v) is 29.5. The number of ether oxygens (including phenoxy) is 1. The molecule has 0 radical (unpaired) electrons. The number of halogens is 1. The first-order valence-corrected chi connectivity index (χ1v) is 20.7. The first-order chi connectivity index (χ1) is 21.6. The molecule has 46 heavy (non-hydrogen) atoms. The number of carbonyl (C=O) groups excluding carboxylic acids is 1. The second-order valence-corrected chi connectivity index (χ2v) is 19.6. The lowest BCUT2D eigenvalue weighted by Crippen LogP contribution is -2.55. The van der Waals surface area contributed by atoms with Crippen molar-refractivity contribution < 1.29 is 27.3 Å². The second kappa shape index (κ2) is 12.3. The van der Waals surface area contributed by atoms with Crippen LogP contribution in [0.5, 0.6) is 5.75 Å². The maximum Gasteiger partial charge on any atom is 0.262 e. The standard InChI is InChI=1S/C35H47ClN2O6S2/c1-23-7-5-16-35(40,22-45(3,41)42)30-12-9-27(30)19-38-20-34(15-6-8-25-17-28(36)11-13-29(25)34)21-44-32-14-10-26(18-31(32)38)33(39)37-46(4,43)24(23)2/h10-11,13-14,17-18,23-24,27,30,40H,4-9,12,15-16,19-22H2,1-3H3,(H,37,39,43)/t23-,24+,27-,30+,34-,35+,46?/m0/s1. The number of hydrogen-bond acceptors (Lipinski definition) is 7. The van der Waals surface area contributed by atoms with Crippen LogP contribution in [0.1, 0.15) is 80.3 Å². The molecule has 2 aliphatic heterocycles. The van der Waals surface area contributed by atoms with Crippen molar-refractivity contribution in [1.29, 1.82) is 0 Å². The Morgan fingerprint density at radius 3 is 2.63 bits per heavy atom. The minimum Gasteiger partial charge on any atom is -0.490 e. The zero-order valence-electron chi connectivity index (χ0n) is 27.1. The smallest absolute Gasteiger partial charge is 0.262 e. The van der Waals surface area contributed by atoms with E-state index in [0.29, 0.717) is 55.3 Å². The van der Waals surface area contributed by atoms with E-state index in [1.165, 1.54) is 17.4 Å². The van der Waals surface area contributed by atoms with E-state index in [1.807, 2.05) is 32.0 Å². The van der Waals surface area contributed by atoms with Crippen molar-refractivity contribution in [3.05, 3.63) is 58.1 Å². The van der Waals surface area contributed by atoms with Crippen molar-refractivity contribution >= 4 is 48.6 Å². The van der Waals surface area contributed by atoms with E-state index in [-0.39, 0.29) is 28.9 Å². The molecule has 1 unspecified atom stereocenters. The van der Waals surface area contributed by atoms with Gasteiger partial charge in [0.25, 0.3) is 5.91 Å². The molecule has 1 fully saturated rings. The van der Waals surface area contributed by atoms with Gasteiger partial charge in [0.15, 0.2) is 0 Å². The largest absolute Gasteiger partial charge is 0.490 e. The SMILES string of the molecule is C=S1(=O)NC(=O)c2ccc3c(c2)N(C[C@@H]2CC[C@H]2[C@](O)(CS(C)(=O)=O)CCC[C@H](C)[C@H]1C)C[C@@]1(CCCc2cc(Cl)ccc21)CO3. The van der Waals surface area contributed by atoms with Gasteiger partial charge in [0.05, 0.1) is 33.4 Å². The minimum absolute atomic E-state index is 0.0587. The number of carbonyl (C=O) groups is 1. The van der Waals surface area contributed by atoms with E-state index in [9.17, 15) is 22.5 Å². The summed E-state index contributed by atoms with van der Waals surface area (Å²) in [5.74, 6) is 3.69. The summed E-state index contributed by atoms with van der Waals surface area (Å²) in [5.41, 5.74) is 1.90. The number of nitrogens with zero attached hydrogens (tertiary/aromatic N) is 1. The molecule has 0 saturated heterocycles. The lowest BCUT2D eigenvalue weighted by atomic mass is 9.63. The fourth-order valence-electron chi connectivity index (χ4n) is 8.50. The van der Waals surface area contributed by atoms with Crippen molar-refractivity contribution in [2.75, 3.05) is 36.6 Å². The summed E-state index contributed by atoms with van der Waals surface area (Å²) in [6.07, 6.45) is 7.22. The van der Waals surface area contributed by atoms with E-state index in [4.69, 9.17) is 16.3 Å². The van der Waals surface area contributed by atoms with Crippen molar-refractivity contribution in [2.24, 2.45) is 17.8 Å². The number of anilines is 1. The van der Waals surface area contributed by atoms with Crippen LogP contribution in [0.4, 0.5) is 5.69 Å². The average molecular weight is 691 g/mol. The van der Waals surface area contributed by atoms with Gasteiger partial charge in [0.1, 0.15) is 15.6 Å². The molecule has 7 atom stereocenters. The summed E-state index contributed by atoms with van der Waals surface area (Å²) >= 11 is 6.42. The fraction of sp³-hybridized carbons (Fsp3) is 0.600. The van der Waals surface area contributed by atoms with Crippen LogP contribution >= 0.6 is 11.6 Å². The molecule has 2 heterocycles. The van der Waals surface area contributed by atoms with Crippen LogP contribution in [0.3, 0.4) is 0 Å². The van der Waals surface area contributed by atoms with E-state index < -0.39 is 36.3 Å². The van der Waals surface area contributed by atoms with Gasteiger partial charge >= 0.3 is 0 Å². The Morgan fingerprint density at radius 2 is 1.91 bits per heavy atom. The first kappa shape index (κ1) is 33.6. The molecular formula is C35H47ClN2O6S2. The van der Waals surface area contributed by atoms with Gasteiger partial charge in [0, 0.05) is 40.6 Å². The third-order valence-electron chi connectivity index (χ3n) is 11.3. The Balaban J connectivity index is 1.45. The number of aliphatic hydroxyl groups is 1. The highest BCUT2D eigenvalue weighted by molar-refractivity contribution is 7.99. The highest BCUT2D eigenvalue weighted by Gasteiger charge is 2.50. The van der Waals surface area contributed by atoms with Crippen LogP contribution in [-0.4, -0.2) is 72.1 Å². The third-order valence-corrected chi connectivity index (χ3v) is 14.8. The first-order valence-electron chi connectivity index (χ1n) is 16.5. The van der Waals surface area contributed by atoms with Crippen LogP contribution in [0.25, 0.3) is 0 Å². The van der Waals surface area contributed by atoms with Gasteiger partial charge in [0.2, 0.25) is 0 Å². The molecule has 2 aromatic carbocycles. The monoisotopic (exact) mass is 690 g/mol. The topological polar surface area (TPSA) is 113 Å². The Hall–Kier alpha value is -2.27. The average Bonchev–Trinajstić information content (AvgIpc) is 3.09. The van der Waals surface area contributed by atoms with Gasteiger partial charge in [-0.25, -0.2) is 12.6 Å². The lowest BCUT2D eigenvalue weighted by Gasteiger charge is -2.50. The number of benzene rings is 2. The summed E-state index contributed by atoms with van der Waals surface area (Å²) in [4.78, 5) is 15.9. The molecule has 252 valence electrons. The Bertz CT molecular complexity index is 1730. The molecule has 2 bridgehead atoms. The van der Waals surface area contributed by atoms with E-state index >= 15 is 0 Å². The van der Waals surface area contributed by atoms with Gasteiger partial charge in [-0.05, 0) is 117 Å². The lowest BCUT2D eigenvalue weighted by molar-refractivity contribution is -0.0718. The maximum absolute atomic E-state index is 13.8. The molecule has 1 amide bonds. The van der Waals surface area contributed by atoms with Gasteiger partial charge in [-0.1, -0.05) is 31.0 Å². The normalized spacial score (nSPS) is 35.2. The van der Waals surface area contributed by atoms with Crippen LogP contribution in [0, 0.1) is 17.8 Å². The van der Waals surface area contributed by atoms with Crippen LogP contribution in [0.2, 0.25) is 5.02 Å². The maximum atomic E-state index is 13.8. The summed E-state index contributed by atoms with van der Waals surface area (Å²) in [5, 5.41) is 12.4. The Morgan fingerprint density at radius 1 is 1.13 bits per heavy atom. The second-order valence-electron chi connectivity index (χ2n) is 14.6. The summed E-state index contributed by atoms with van der Waals surface area (Å²) in [7, 11) is -6.48. The van der Waals surface area contributed by atoms with Gasteiger partial charge in [-0.2, -0.15) is 0 Å². The number of rotatable bonds is 2. The molecule has 2 aliphatic carbocycles. The number of aryl methyl sites for hydroxylation is 1. The van der Waals surface area contributed by atoms with Gasteiger partial charge in [-0.3, -0.25) is 9.52 Å². The molecule has 6 rings (SSSR count). The van der Waals surface area contributed by atoms with Gasteiger partial charge < -0.3 is 14.7 Å². The van der Waals surface area contributed by atoms with E-state index in [1.54, 1.807) is 6.07 Å². The van der Waals surface area contributed by atoms with Crippen LogP contribution in [-0.2, 0) is 31.4 Å². The van der Waals surface area contributed by atoms with Crippen molar-refractivity contribution in [1.82, 2.24) is 4.72 Å². The summed E-state index contributed by atoms with van der Waals surface area (Å²) in [6.45, 7) is 5.48. The van der Waals surface area contributed by atoms with Crippen LogP contribution in [0.15, 0.2) is 36.4 Å². The number of nitrogens with one attached hydrogen (secondary N) is 1. The Labute approximate surface area is 279 Å². The highest BCUT2D eigenvalue weighted by Crippen LogP contribution is 2.49. The fourth-order valence-corrected chi connectivity index (χ4v) is 11.5. The predicted octanol–water partition coefficient (Wildman–Crippen LogP) is 5.18.